The maximum atomic E-state index is 6.94. The second-order valence-electron chi connectivity index (χ2n) is 18.3. The van der Waals surface area contributed by atoms with E-state index in [9.17, 15) is 0 Å². The molecule has 3 rings (SSSR count). The molecule has 3 aromatic carbocycles. The Morgan fingerprint density at radius 2 is 0.776 bits per heavy atom. The summed E-state index contributed by atoms with van der Waals surface area (Å²) in [5.41, 5.74) is 5.74. The zero-order chi connectivity index (χ0) is 49.1. The first-order chi connectivity index (χ1) is 32.6. The van der Waals surface area contributed by atoms with Crippen LogP contribution in [0, 0.1) is 17.8 Å². The zero-order valence-electron chi connectivity index (χ0n) is 44.4. The SMILES string of the molecule is CCCCC(CC)COc1cc(CC(OC)c2cc(OC)c(CC(OC)c3cc(OC)c(CCOC)cc3OCC(CC)CCCC)cc2OCC(CC)CCCC)c(OC)cc1C(C)OC. The Morgan fingerprint density at radius 1 is 0.418 bits per heavy atom. The number of rotatable bonds is 37. The van der Waals surface area contributed by atoms with E-state index in [4.69, 9.17) is 47.4 Å². The first-order valence-electron chi connectivity index (χ1n) is 25.6. The molecule has 0 aliphatic heterocycles. The number of benzene rings is 3. The summed E-state index contributed by atoms with van der Waals surface area (Å²) in [7, 11) is 12.1. The first kappa shape index (κ1) is 57.6. The molecule has 0 spiro atoms. The van der Waals surface area contributed by atoms with Crippen molar-refractivity contribution in [3.8, 4) is 34.5 Å². The molecule has 3 aromatic rings. The van der Waals surface area contributed by atoms with E-state index < -0.39 is 6.10 Å². The summed E-state index contributed by atoms with van der Waals surface area (Å²) in [5, 5.41) is 0. The van der Waals surface area contributed by atoms with Gasteiger partial charge in [-0.05, 0) is 86.8 Å². The van der Waals surface area contributed by atoms with Gasteiger partial charge in [0.2, 0.25) is 0 Å². The number of methoxy groups -OCH3 is 7. The Bertz CT molecular complexity index is 1810. The highest BCUT2D eigenvalue weighted by molar-refractivity contribution is 5.53. The predicted molar refractivity (Wildman–Crippen MR) is 273 cm³/mol. The molecule has 10 nitrogen and oxygen atoms in total. The molecule has 0 saturated carbocycles. The normalized spacial score (nSPS) is 14.2. The monoisotopic (exact) mass is 937 g/mol. The molecule has 0 radical (unpaired) electrons. The number of hydrogen-bond acceptors (Lipinski definition) is 10. The third-order valence-electron chi connectivity index (χ3n) is 13.7. The number of unbranched alkanes of at least 4 members (excludes halogenated alkanes) is 3. The third kappa shape index (κ3) is 17.6. The second kappa shape index (κ2) is 32.2. The van der Waals surface area contributed by atoms with E-state index in [0.717, 1.165) is 126 Å². The lowest BCUT2D eigenvalue weighted by molar-refractivity contribution is 0.0959. The van der Waals surface area contributed by atoms with Crippen LogP contribution in [0.4, 0.5) is 0 Å². The van der Waals surface area contributed by atoms with E-state index in [1.807, 2.05) is 6.92 Å². The van der Waals surface area contributed by atoms with Crippen LogP contribution >= 0.6 is 0 Å². The van der Waals surface area contributed by atoms with Crippen LogP contribution in [0.3, 0.4) is 0 Å². The third-order valence-corrected chi connectivity index (χ3v) is 13.7. The minimum Gasteiger partial charge on any atom is -0.496 e. The van der Waals surface area contributed by atoms with Gasteiger partial charge in [0, 0.05) is 74.7 Å². The van der Waals surface area contributed by atoms with Gasteiger partial charge in [0.25, 0.3) is 0 Å². The van der Waals surface area contributed by atoms with Gasteiger partial charge >= 0.3 is 0 Å². The highest BCUT2D eigenvalue weighted by atomic mass is 16.5. The molecule has 0 saturated heterocycles. The molecule has 6 atom stereocenters. The van der Waals surface area contributed by atoms with Crippen molar-refractivity contribution in [2.24, 2.45) is 17.8 Å². The molecule has 0 aromatic heterocycles. The summed E-state index contributed by atoms with van der Waals surface area (Å²) in [6, 6.07) is 12.6. The molecule has 6 unspecified atom stereocenters. The number of ether oxygens (including phenoxy) is 10. The van der Waals surface area contributed by atoms with Crippen LogP contribution in [0.1, 0.15) is 177 Å². The van der Waals surface area contributed by atoms with E-state index in [0.29, 0.717) is 63.4 Å². The van der Waals surface area contributed by atoms with Crippen LogP contribution in [-0.2, 0) is 38.2 Å². The topological polar surface area (TPSA) is 92.3 Å². The molecule has 67 heavy (non-hydrogen) atoms. The predicted octanol–water partition coefficient (Wildman–Crippen LogP) is 14.3. The fraction of sp³-hybridized carbons (Fsp3) is 0.684. The van der Waals surface area contributed by atoms with Crippen molar-refractivity contribution in [2.45, 2.75) is 163 Å². The molecule has 0 aliphatic carbocycles. The lowest BCUT2D eigenvalue weighted by Crippen LogP contribution is -2.17. The maximum Gasteiger partial charge on any atom is 0.125 e. The van der Waals surface area contributed by atoms with Gasteiger partial charge in [-0.1, -0.05) is 99.3 Å². The smallest absolute Gasteiger partial charge is 0.125 e. The molecule has 10 heteroatoms. The Morgan fingerprint density at radius 3 is 1.10 bits per heavy atom. The maximum absolute atomic E-state index is 6.94. The van der Waals surface area contributed by atoms with Crippen LogP contribution in [0.25, 0.3) is 0 Å². The Kier molecular flexibility index (Phi) is 27.7. The summed E-state index contributed by atoms with van der Waals surface area (Å²) >= 11 is 0. The molecule has 0 aliphatic rings. The highest BCUT2D eigenvalue weighted by Crippen LogP contribution is 2.43. The Labute approximate surface area is 407 Å². The van der Waals surface area contributed by atoms with Gasteiger partial charge in [-0.2, -0.15) is 0 Å². The van der Waals surface area contributed by atoms with Gasteiger partial charge in [-0.25, -0.2) is 0 Å². The van der Waals surface area contributed by atoms with Crippen molar-refractivity contribution in [3.05, 3.63) is 69.8 Å². The van der Waals surface area contributed by atoms with Crippen molar-refractivity contribution in [2.75, 3.05) is 76.2 Å². The van der Waals surface area contributed by atoms with Crippen molar-refractivity contribution in [3.63, 3.8) is 0 Å². The van der Waals surface area contributed by atoms with Gasteiger partial charge < -0.3 is 47.4 Å². The van der Waals surface area contributed by atoms with Crippen LogP contribution in [0.2, 0.25) is 0 Å². The fourth-order valence-electron chi connectivity index (χ4n) is 8.83. The quantitative estimate of drug-likeness (QED) is 0.0556. The van der Waals surface area contributed by atoms with Gasteiger partial charge in [0.05, 0.1) is 66.1 Å². The van der Waals surface area contributed by atoms with E-state index in [2.05, 4.69) is 77.9 Å². The van der Waals surface area contributed by atoms with Crippen LogP contribution in [0.5, 0.6) is 34.5 Å². The van der Waals surface area contributed by atoms with Gasteiger partial charge in [0.1, 0.15) is 34.5 Å². The summed E-state index contributed by atoms with van der Waals surface area (Å²) in [6.45, 7) is 17.9. The molecule has 0 heterocycles. The zero-order valence-corrected chi connectivity index (χ0v) is 44.4. The lowest BCUT2D eigenvalue weighted by Gasteiger charge is -2.27. The van der Waals surface area contributed by atoms with Crippen molar-refractivity contribution >= 4 is 0 Å². The van der Waals surface area contributed by atoms with Crippen molar-refractivity contribution in [1.82, 2.24) is 0 Å². The van der Waals surface area contributed by atoms with Gasteiger partial charge in [-0.3, -0.25) is 0 Å². The van der Waals surface area contributed by atoms with E-state index in [-0.39, 0.29) is 12.2 Å². The van der Waals surface area contributed by atoms with Crippen LogP contribution < -0.4 is 28.4 Å². The molecule has 380 valence electrons. The Balaban J connectivity index is 2.20. The van der Waals surface area contributed by atoms with Gasteiger partial charge in [-0.15, -0.1) is 0 Å². The molecule has 0 amide bonds. The van der Waals surface area contributed by atoms with Crippen molar-refractivity contribution < 1.29 is 47.4 Å². The molecular formula is C57H92O10. The highest BCUT2D eigenvalue weighted by Gasteiger charge is 2.28. The minimum atomic E-state index is -0.407. The van der Waals surface area contributed by atoms with E-state index in [1.165, 1.54) is 19.3 Å². The summed E-state index contributed by atoms with van der Waals surface area (Å²) < 4.78 is 62.9. The molecule has 0 bridgehead atoms. The molecule has 0 N–H and O–H groups in total. The number of hydrogen-bond donors (Lipinski definition) is 0. The van der Waals surface area contributed by atoms with Crippen molar-refractivity contribution in [1.29, 1.82) is 0 Å². The van der Waals surface area contributed by atoms with E-state index >= 15 is 0 Å². The van der Waals surface area contributed by atoms with E-state index in [1.54, 1.807) is 49.8 Å². The minimum absolute atomic E-state index is 0.185. The van der Waals surface area contributed by atoms with Gasteiger partial charge in [0.15, 0.2) is 0 Å². The lowest BCUT2D eigenvalue weighted by atomic mass is 9.93. The molecule has 0 fully saturated rings. The molecular weight excluding hydrogens is 845 g/mol. The standard InChI is InChI=1S/C57H92O10/c1-15-21-24-41(18-4)37-65-55-32-45(51(61-11)34-47(55)40(7)59-9)30-54(64-14)49-36-52(62-12)46(33-57(49)67-39-43(20-6)26-23-17-3)31-53(63-13)48-35-50(60-10)44(27-28-58-8)29-56(48)66-38-42(19-5)25-22-16-2/h29,32-36,40-43,53-54H,15-28,30-31,37-39H2,1-14H3. The summed E-state index contributed by atoms with van der Waals surface area (Å²) in [5.74, 6) is 5.98. The Hall–Kier alpha value is -3.70. The fourth-order valence-corrected chi connectivity index (χ4v) is 8.83. The summed E-state index contributed by atoms with van der Waals surface area (Å²) in [4.78, 5) is 0. The van der Waals surface area contributed by atoms with Crippen LogP contribution in [-0.4, -0.2) is 76.2 Å². The second-order valence-corrected chi connectivity index (χ2v) is 18.3. The summed E-state index contributed by atoms with van der Waals surface area (Å²) in [6.07, 6.45) is 14.3. The van der Waals surface area contributed by atoms with Crippen LogP contribution in [0.15, 0.2) is 36.4 Å². The average Bonchev–Trinajstić information content (AvgIpc) is 3.36. The average molecular weight is 937 g/mol. The largest absolute Gasteiger partial charge is 0.496 e. The first-order valence-corrected chi connectivity index (χ1v) is 25.6.